The van der Waals surface area contributed by atoms with Gasteiger partial charge in [0, 0.05) is 22.3 Å². The fourth-order valence-electron chi connectivity index (χ4n) is 1.84. The monoisotopic (exact) mass is 360 g/mol. The van der Waals surface area contributed by atoms with Gasteiger partial charge < -0.3 is 15.4 Å². The van der Waals surface area contributed by atoms with Crippen LogP contribution in [0.3, 0.4) is 0 Å². The zero-order valence-corrected chi connectivity index (χ0v) is 12.5. The molecule has 1 aromatic rings. The molecule has 98 valence electrons. The molecular weight excluding hydrogens is 343 g/mol. The number of carbonyl (C=O) groups is 1. The molecular formula is C13H17IN2O2. The van der Waals surface area contributed by atoms with E-state index >= 15 is 0 Å². The fourth-order valence-corrected chi connectivity index (χ4v) is 2.36. The van der Waals surface area contributed by atoms with Crippen molar-refractivity contribution in [1.82, 2.24) is 5.32 Å². The predicted molar refractivity (Wildman–Crippen MR) is 79.8 cm³/mol. The van der Waals surface area contributed by atoms with Crippen molar-refractivity contribution in [2.75, 3.05) is 25.0 Å². The minimum atomic E-state index is -0.0109. The summed E-state index contributed by atoms with van der Waals surface area (Å²) < 4.78 is 6.66. The first kappa shape index (κ1) is 13.8. The Hall–Kier alpha value is -0.660. The van der Waals surface area contributed by atoms with Gasteiger partial charge in [-0.2, -0.15) is 0 Å². The normalized spacial score (nSPS) is 19.6. The molecule has 4 nitrogen and oxygen atoms in total. The van der Waals surface area contributed by atoms with Crippen molar-refractivity contribution in [2.24, 2.45) is 0 Å². The zero-order chi connectivity index (χ0) is 13.0. The molecule has 1 aromatic carbocycles. The Morgan fingerprint density at radius 3 is 3.11 bits per heavy atom. The van der Waals surface area contributed by atoms with Gasteiger partial charge in [0.2, 0.25) is 5.91 Å². The van der Waals surface area contributed by atoms with Gasteiger partial charge in [0.1, 0.15) is 0 Å². The molecule has 1 aliphatic rings. The van der Waals surface area contributed by atoms with Crippen LogP contribution in [-0.2, 0) is 9.53 Å². The van der Waals surface area contributed by atoms with Crippen LogP contribution in [0.5, 0.6) is 0 Å². The van der Waals surface area contributed by atoms with Crippen LogP contribution in [0, 0.1) is 10.5 Å². The van der Waals surface area contributed by atoms with Crippen LogP contribution in [-0.4, -0.2) is 31.7 Å². The van der Waals surface area contributed by atoms with E-state index in [1.807, 2.05) is 18.2 Å². The summed E-state index contributed by atoms with van der Waals surface area (Å²) in [4.78, 5) is 11.9. The molecule has 0 bridgehead atoms. The van der Waals surface area contributed by atoms with E-state index in [-0.39, 0.29) is 12.0 Å². The van der Waals surface area contributed by atoms with E-state index in [4.69, 9.17) is 4.74 Å². The Bertz CT molecular complexity index is 431. The maximum absolute atomic E-state index is 11.9. The summed E-state index contributed by atoms with van der Waals surface area (Å²) in [5.41, 5.74) is 2.06. The first-order valence-electron chi connectivity index (χ1n) is 6.03. The number of halogens is 1. The van der Waals surface area contributed by atoms with Gasteiger partial charge in [0.05, 0.1) is 19.1 Å². The molecule has 1 amide bonds. The van der Waals surface area contributed by atoms with Crippen LogP contribution >= 0.6 is 22.6 Å². The Balaban J connectivity index is 1.88. The molecule has 1 aliphatic heterocycles. The Kier molecular flexibility index (Phi) is 4.96. The van der Waals surface area contributed by atoms with Crippen molar-refractivity contribution in [3.8, 4) is 0 Å². The summed E-state index contributed by atoms with van der Waals surface area (Å²) in [7, 11) is 0. The van der Waals surface area contributed by atoms with Gasteiger partial charge in [-0.05, 0) is 47.2 Å². The number of nitrogens with one attached hydrogen (secondary N) is 2. The average Bonchev–Trinajstić information content (AvgIpc) is 2.35. The number of aryl methyl sites for hydroxylation is 1. The number of carbonyl (C=O) groups excluding carboxylic acids is 1. The van der Waals surface area contributed by atoms with Crippen LogP contribution in [0.2, 0.25) is 0 Å². The van der Waals surface area contributed by atoms with Crippen molar-refractivity contribution in [3.05, 3.63) is 27.3 Å². The van der Waals surface area contributed by atoms with Crippen molar-refractivity contribution in [2.45, 2.75) is 19.4 Å². The lowest BCUT2D eigenvalue weighted by molar-refractivity contribution is -0.119. The molecule has 0 aromatic heterocycles. The Morgan fingerprint density at radius 2 is 2.44 bits per heavy atom. The highest BCUT2D eigenvalue weighted by Gasteiger charge is 2.17. The highest BCUT2D eigenvalue weighted by atomic mass is 127. The Labute approximate surface area is 121 Å². The molecule has 0 spiro atoms. The number of hydrogen-bond acceptors (Lipinski definition) is 3. The third-order valence-electron chi connectivity index (χ3n) is 2.87. The number of hydrogen-bond donors (Lipinski definition) is 2. The molecule has 1 unspecified atom stereocenters. The first-order valence-corrected chi connectivity index (χ1v) is 7.11. The number of amides is 1. The van der Waals surface area contributed by atoms with Crippen LogP contribution in [0.4, 0.5) is 5.69 Å². The number of ether oxygens (including phenoxy) is 1. The van der Waals surface area contributed by atoms with Gasteiger partial charge in [0.25, 0.3) is 0 Å². The van der Waals surface area contributed by atoms with E-state index in [1.54, 1.807) is 0 Å². The maximum atomic E-state index is 11.9. The molecule has 5 heteroatoms. The van der Waals surface area contributed by atoms with E-state index < -0.39 is 0 Å². The summed E-state index contributed by atoms with van der Waals surface area (Å²) in [6, 6.07) is 5.92. The first-order chi connectivity index (χ1) is 8.65. The molecule has 1 atom stereocenters. The van der Waals surface area contributed by atoms with Crippen LogP contribution in [0.1, 0.15) is 12.0 Å². The lowest BCUT2D eigenvalue weighted by Gasteiger charge is -2.23. The predicted octanol–water partition coefficient (Wildman–Crippen LogP) is 1.92. The third kappa shape index (κ3) is 3.93. The second-order valence-corrected chi connectivity index (χ2v) is 5.58. The fraction of sp³-hybridized carbons (Fsp3) is 0.462. The van der Waals surface area contributed by atoms with Crippen molar-refractivity contribution < 1.29 is 9.53 Å². The van der Waals surface area contributed by atoms with Gasteiger partial charge in [-0.15, -0.1) is 0 Å². The lowest BCUT2D eigenvalue weighted by Crippen LogP contribution is -2.40. The molecule has 18 heavy (non-hydrogen) atoms. The molecule has 1 saturated heterocycles. The standard InChI is InChI=1S/C13H17IN2O2/c1-9-2-3-10(6-12(9)14)16-13(17)7-11-8-15-4-5-18-11/h2-3,6,11,15H,4-5,7-8H2,1H3,(H,16,17). The minimum absolute atomic E-state index is 0.00310. The van der Waals surface area contributed by atoms with E-state index in [0.717, 1.165) is 22.3 Å². The molecule has 1 heterocycles. The molecule has 0 radical (unpaired) electrons. The van der Waals surface area contributed by atoms with Gasteiger partial charge >= 0.3 is 0 Å². The topological polar surface area (TPSA) is 50.4 Å². The Morgan fingerprint density at radius 1 is 1.61 bits per heavy atom. The SMILES string of the molecule is Cc1ccc(NC(=O)CC2CNCCO2)cc1I. The molecule has 1 fully saturated rings. The van der Waals surface area contributed by atoms with E-state index in [2.05, 4.69) is 40.1 Å². The van der Waals surface area contributed by atoms with Gasteiger partial charge in [-0.3, -0.25) is 4.79 Å². The summed E-state index contributed by atoms with van der Waals surface area (Å²) in [6.45, 7) is 4.35. The summed E-state index contributed by atoms with van der Waals surface area (Å²) in [6.07, 6.45) is 0.389. The van der Waals surface area contributed by atoms with Crippen LogP contribution in [0.25, 0.3) is 0 Å². The quantitative estimate of drug-likeness (QED) is 0.810. The highest BCUT2D eigenvalue weighted by molar-refractivity contribution is 14.1. The van der Waals surface area contributed by atoms with Gasteiger partial charge in [0.15, 0.2) is 0 Å². The lowest BCUT2D eigenvalue weighted by atomic mass is 10.2. The summed E-state index contributed by atoms with van der Waals surface area (Å²) in [5, 5.41) is 6.12. The molecule has 0 saturated carbocycles. The van der Waals surface area contributed by atoms with Crippen molar-refractivity contribution in [1.29, 1.82) is 0 Å². The second kappa shape index (κ2) is 6.49. The molecule has 2 rings (SSSR count). The van der Waals surface area contributed by atoms with Gasteiger partial charge in [-0.1, -0.05) is 6.07 Å². The number of anilines is 1. The summed E-state index contributed by atoms with van der Waals surface area (Å²) >= 11 is 2.27. The number of morpholine rings is 1. The summed E-state index contributed by atoms with van der Waals surface area (Å²) in [5.74, 6) is 0.00310. The maximum Gasteiger partial charge on any atom is 0.227 e. The van der Waals surface area contributed by atoms with E-state index in [9.17, 15) is 4.79 Å². The van der Waals surface area contributed by atoms with E-state index in [1.165, 1.54) is 5.56 Å². The van der Waals surface area contributed by atoms with Gasteiger partial charge in [-0.25, -0.2) is 0 Å². The largest absolute Gasteiger partial charge is 0.375 e. The highest BCUT2D eigenvalue weighted by Crippen LogP contribution is 2.17. The van der Waals surface area contributed by atoms with E-state index in [0.29, 0.717) is 13.0 Å². The second-order valence-electron chi connectivity index (χ2n) is 4.41. The number of rotatable bonds is 3. The number of benzene rings is 1. The average molecular weight is 360 g/mol. The smallest absolute Gasteiger partial charge is 0.227 e. The van der Waals surface area contributed by atoms with Crippen LogP contribution < -0.4 is 10.6 Å². The minimum Gasteiger partial charge on any atom is -0.375 e. The zero-order valence-electron chi connectivity index (χ0n) is 10.3. The van der Waals surface area contributed by atoms with Crippen molar-refractivity contribution in [3.63, 3.8) is 0 Å². The van der Waals surface area contributed by atoms with Crippen molar-refractivity contribution >= 4 is 34.2 Å². The third-order valence-corrected chi connectivity index (χ3v) is 4.04. The molecule has 0 aliphatic carbocycles. The van der Waals surface area contributed by atoms with Crippen LogP contribution in [0.15, 0.2) is 18.2 Å². The molecule has 2 N–H and O–H groups in total.